The highest BCUT2D eigenvalue weighted by atomic mass is 16.1. The van der Waals surface area contributed by atoms with Crippen molar-refractivity contribution in [3.63, 3.8) is 0 Å². The third-order valence-electron chi connectivity index (χ3n) is 5.67. The molecule has 0 bridgehead atoms. The van der Waals surface area contributed by atoms with Crippen molar-refractivity contribution >= 4 is 5.78 Å². The second kappa shape index (κ2) is 5.01. The molecule has 3 aliphatic rings. The molecule has 0 aromatic carbocycles. The average molecular weight is 272 g/mol. The highest BCUT2D eigenvalue weighted by Crippen LogP contribution is 2.54. The van der Waals surface area contributed by atoms with Gasteiger partial charge in [0, 0.05) is 12.1 Å². The van der Waals surface area contributed by atoms with Gasteiger partial charge in [-0.15, -0.1) is 0 Å². The minimum atomic E-state index is 0.346. The molecule has 1 aromatic rings. The van der Waals surface area contributed by atoms with Crippen molar-refractivity contribution in [1.29, 1.82) is 0 Å². The molecule has 0 N–H and O–H groups in total. The van der Waals surface area contributed by atoms with Crippen molar-refractivity contribution in [3.8, 4) is 0 Å². The molecular formula is C17H24N2O. The number of carbonyl (C=O) groups excluding carboxylic acids is 1. The van der Waals surface area contributed by atoms with E-state index in [9.17, 15) is 4.79 Å². The van der Waals surface area contributed by atoms with Crippen LogP contribution in [0.5, 0.6) is 0 Å². The molecular weight excluding hydrogens is 248 g/mol. The summed E-state index contributed by atoms with van der Waals surface area (Å²) in [6, 6.07) is 2.63. The number of rotatable bonds is 4. The summed E-state index contributed by atoms with van der Waals surface area (Å²) in [6.45, 7) is 0. The van der Waals surface area contributed by atoms with Crippen LogP contribution in [0.4, 0.5) is 0 Å². The number of hydrogen-bond acceptors (Lipinski definition) is 2. The van der Waals surface area contributed by atoms with Crippen molar-refractivity contribution < 1.29 is 4.79 Å². The van der Waals surface area contributed by atoms with Crippen LogP contribution in [0, 0.1) is 17.8 Å². The number of Topliss-reactive ketones (excluding diaryl/α,β-unsaturated/α-hetero) is 1. The maximum Gasteiger partial charge on any atom is 0.141 e. The van der Waals surface area contributed by atoms with Crippen LogP contribution in [0.2, 0.25) is 0 Å². The molecule has 108 valence electrons. The lowest BCUT2D eigenvalue weighted by molar-refractivity contribution is -0.122. The second-order valence-electron chi connectivity index (χ2n) is 7.15. The molecule has 0 saturated heterocycles. The van der Waals surface area contributed by atoms with E-state index in [-0.39, 0.29) is 0 Å². The number of aromatic nitrogens is 2. The predicted molar refractivity (Wildman–Crippen MR) is 77.4 cm³/mol. The first-order valence-corrected chi connectivity index (χ1v) is 8.36. The first-order chi connectivity index (χ1) is 9.79. The van der Waals surface area contributed by atoms with E-state index in [2.05, 4.69) is 22.0 Å². The van der Waals surface area contributed by atoms with Crippen LogP contribution in [0.25, 0.3) is 0 Å². The molecule has 4 rings (SSSR count). The lowest BCUT2D eigenvalue weighted by Gasteiger charge is -2.21. The Balaban J connectivity index is 1.36. The van der Waals surface area contributed by atoms with Crippen molar-refractivity contribution in [2.24, 2.45) is 17.8 Å². The smallest absolute Gasteiger partial charge is 0.141 e. The maximum atomic E-state index is 12.3. The summed E-state index contributed by atoms with van der Waals surface area (Å²) in [5, 5.41) is 4.67. The summed E-state index contributed by atoms with van der Waals surface area (Å²) in [7, 11) is 0. The molecule has 3 fully saturated rings. The second-order valence-corrected chi connectivity index (χ2v) is 7.15. The summed E-state index contributed by atoms with van der Waals surface area (Å²) in [4.78, 5) is 12.3. The van der Waals surface area contributed by atoms with Gasteiger partial charge in [0.05, 0.1) is 18.2 Å². The molecule has 20 heavy (non-hydrogen) atoms. The fourth-order valence-electron chi connectivity index (χ4n) is 4.32. The van der Waals surface area contributed by atoms with Gasteiger partial charge in [-0.05, 0) is 50.0 Å². The van der Waals surface area contributed by atoms with Crippen LogP contribution in [0.15, 0.2) is 12.3 Å². The van der Waals surface area contributed by atoms with E-state index in [0.29, 0.717) is 24.2 Å². The van der Waals surface area contributed by atoms with Crippen molar-refractivity contribution in [3.05, 3.63) is 18.0 Å². The fraction of sp³-hybridized carbons (Fsp3) is 0.765. The summed E-state index contributed by atoms with van der Waals surface area (Å²) in [6.07, 6.45) is 12.9. The van der Waals surface area contributed by atoms with E-state index < -0.39 is 0 Å². The van der Waals surface area contributed by atoms with Crippen LogP contribution in [0.1, 0.15) is 63.1 Å². The summed E-state index contributed by atoms with van der Waals surface area (Å²) >= 11 is 0. The van der Waals surface area contributed by atoms with E-state index in [1.165, 1.54) is 38.5 Å². The molecule has 3 aliphatic carbocycles. The molecule has 0 amide bonds. The van der Waals surface area contributed by atoms with Gasteiger partial charge in [-0.3, -0.25) is 9.48 Å². The molecule has 2 atom stereocenters. The number of carbonyl (C=O) groups is 1. The minimum absolute atomic E-state index is 0.346. The highest BCUT2D eigenvalue weighted by Gasteiger charge is 2.47. The average Bonchev–Trinajstić information content (AvgIpc) is 2.91. The van der Waals surface area contributed by atoms with Gasteiger partial charge in [0.25, 0.3) is 0 Å². The van der Waals surface area contributed by atoms with Crippen molar-refractivity contribution in [2.45, 2.75) is 63.8 Å². The van der Waals surface area contributed by atoms with Crippen LogP contribution in [-0.2, 0) is 11.2 Å². The van der Waals surface area contributed by atoms with Crippen LogP contribution < -0.4 is 0 Å². The Morgan fingerprint density at radius 1 is 1.15 bits per heavy atom. The monoisotopic (exact) mass is 272 g/mol. The molecule has 0 spiro atoms. The lowest BCUT2D eigenvalue weighted by Crippen LogP contribution is -2.17. The van der Waals surface area contributed by atoms with E-state index in [1.807, 2.05) is 0 Å². The first kappa shape index (κ1) is 12.6. The predicted octanol–water partition coefficient (Wildman–Crippen LogP) is 3.55. The number of nitrogens with zero attached hydrogens (tertiary/aromatic N) is 2. The third kappa shape index (κ3) is 2.43. The standard InChI is InChI=1S/C17H24N2O/c20-17(14-9-12-8-13(12)10-14)11-15-6-7-19(18-15)16-4-2-1-3-5-16/h6-7,12-14,16H,1-5,8-11H2. The lowest BCUT2D eigenvalue weighted by atomic mass is 9.95. The molecule has 1 aromatic heterocycles. The Morgan fingerprint density at radius 2 is 1.90 bits per heavy atom. The van der Waals surface area contributed by atoms with E-state index in [1.54, 1.807) is 0 Å². The Kier molecular flexibility index (Phi) is 3.16. The van der Waals surface area contributed by atoms with Gasteiger partial charge in [0.2, 0.25) is 0 Å². The number of fused-ring (bicyclic) bond motifs is 1. The number of ketones is 1. The van der Waals surface area contributed by atoms with Gasteiger partial charge < -0.3 is 0 Å². The van der Waals surface area contributed by atoms with E-state index >= 15 is 0 Å². The van der Waals surface area contributed by atoms with Crippen molar-refractivity contribution in [2.75, 3.05) is 0 Å². The Morgan fingerprint density at radius 3 is 2.65 bits per heavy atom. The molecule has 3 nitrogen and oxygen atoms in total. The fourth-order valence-corrected chi connectivity index (χ4v) is 4.32. The molecule has 1 heterocycles. The van der Waals surface area contributed by atoms with Crippen LogP contribution in [0.3, 0.4) is 0 Å². The van der Waals surface area contributed by atoms with E-state index in [0.717, 1.165) is 30.4 Å². The molecule has 0 radical (unpaired) electrons. The maximum absolute atomic E-state index is 12.3. The summed E-state index contributed by atoms with van der Waals surface area (Å²) < 4.78 is 2.12. The Bertz CT molecular complexity index is 491. The summed E-state index contributed by atoms with van der Waals surface area (Å²) in [5.74, 6) is 2.57. The van der Waals surface area contributed by atoms with Gasteiger partial charge in [-0.1, -0.05) is 19.3 Å². The Hall–Kier alpha value is -1.12. The minimum Gasteiger partial charge on any atom is -0.299 e. The molecule has 2 unspecified atom stereocenters. The van der Waals surface area contributed by atoms with Gasteiger partial charge in [-0.2, -0.15) is 5.10 Å². The van der Waals surface area contributed by atoms with Gasteiger partial charge in [-0.25, -0.2) is 0 Å². The normalized spacial score (nSPS) is 33.1. The SMILES string of the molecule is O=C(Cc1ccn(C2CCCCC2)n1)C1CC2CC2C1. The molecule has 0 aliphatic heterocycles. The van der Waals surface area contributed by atoms with Gasteiger partial charge >= 0.3 is 0 Å². The van der Waals surface area contributed by atoms with Gasteiger partial charge in [0.15, 0.2) is 0 Å². The van der Waals surface area contributed by atoms with Crippen LogP contribution in [-0.4, -0.2) is 15.6 Å². The quantitative estimate of drug-likeness (QED) is 0.840. The first-order valence-electron chi connectivity index (χ1n) is 8.36. The van der Waals surface area contributed by atoms with Gasteiger partial charge in [0.1, 0.15) is 5.78 Å². The summed E-state index contributed by atoms with van der Waals surface area (Å²) in [5.41, 5.74) is 0.987. The zero-order chi connectivity index (χ0) is 13.5. The van der Waals surface area contributed by atoms with Crippen LogP contribution >= 0.6 is 0 Å². The highest BCUT2D eigenvalue weighted by molar-refractivity contribution is 5.83. The topological polar surface area (TPSA) is 34.9 Å². The number of hydrogen-bond donors (Lipinski definition) is 0. The van der Waals surface area contributed by atoms with E-state index in [4.69, 9.17) is 0 Å². The third-order valence-corrected chi connectivity index (χ3v) is 5.67. The molecule has 3 saturated carbocycles. The Labute approximate surface area is 120 Å². The van der Waals surface area contributed by atoms with Crippen molar-refractivity contribution in [1.82, 2.24) is 9.78 Å². The zero-order valence-electron chi connectivity index (χ0n) is 12.1. The molecule has 3 heteroatoms. The largest absolute Gasteiger partial charge is 0.299 e. The zero-order valence-corrected chi connectivity index (χ0v) is 12.1.